The zero-order chi connectivity index (χ0) is 14.8. The Hall–Kier alpha value is -1.95. The van der Waals surface area contributed by atoms with Gasteiger partial charge in [-0.15, -0.1) is 0 Å². The maximum Gasteiger partial charge on any atom is 0.231 e. The third-order valence-corrected chi connectivity index (χ3v) is 3.63. The van der Waals surface area contributed by atoms with Gasteiger partial charge in [-0.05, 0) is 35.9 Å². The lowest BCUT2D eigenvalue weighted by molar-refractivity contribution is 0.171. The van der Waals surface area contributed by atoms with E-state index in [9.17, 15) is 4.39 Å². The maximum absolute atomic E-state index is 13.8. The molecule has 0 saturated carbocycles. The minimum atomic E-state index is -0.308. The van der Waals surface area contributed by atoms with E-state index in [0.29, 0.717) is 34.0 Å². The van der Waals surface area contributed by atoms with Gasteiger partial charge in [0, 0.05) is 11.0 Å². The second-order valence-electron chi connectivity index (χ2n) is 4.51. The first-order valence-electron chi connectivity index (χ1n) is 6.33. The molecule has 6 heteroatoms. The fraction of sp³-hybridized carbons (Fsp3) is 0.200. The molecule has 1 aliphatic heterocycles. The first kappa shape index (κ1) is 14.0. The summed E-state index contributed by atoms with van der Waals surface area (Å²) in [6.45, 7) is 0.634. The van der Waals surface area contributed by atoms with Crippen LogP contribution in [-0.4, -0.2) is 13.9 Å². The molecular weight excluding hydrogens is 341 g/mol. The molecule has 3 rings (SSSR count). The van der Waals surface area contributed by atoms with Gasteiger partial charge in [-0.2, -0.15) is 0 Å². The van der Waals surface area contributed by atoms with Gasteiger partial charge in [-0.25, -0.2) is 4.39 Å². The lowest BCUT2D eigenvalue weighted by Gasteiger charge is -2.11. The van der Waals surface area contributed by atoms with Gasteiger partial charge in [0.25, 0.3) is 0 Å². The van der Waals surface area contributed by atoms with Crippen LogP contribution in [0.1, 0.15) is 5.56 Å². The highest BCUT2D eigenvalue weighted by molar-refractivity contribution is 9.10. The van der Waals surface area contributed by atoms with Gasteiger partial charge in [0.15, 0.2) is 11.5 Å². The number of hydrogen-bond donors (Lipinski definition) is 1. The summed E-state index contributed by atoms with van der Waals surface area (Å²) < 4.78 is 30.4. The van der Waals surface area contributed by atoms with Crippen LogP contribution < -0.4 is 19.5 Å². The Morgan fingerprint density at radius 3 is 2.90 bits per heavy atom. The van der Waals surface area contributed by atoms with E-state index in [0.717, 1.165) is 5.56 Å². The average molecular weight is 354 g/mol. The number of rotatable bonds is 4. The topological polar surface area (TPSA) is 39.7 Å². The van der Waals surface area contributed by atoms with E-state index >= 15 is 0 Å². The standard InChI is InChI=1S/C15H13BrFNO3/c1-19-13-4-9(5-14-15(13)21-8-20-14)7-18-12-3-2-10(16)6-11(12)17/h2-6,18H,7-8H2,1H3. The van der Waals surface area contributed by atoms with Crippen molar-refractivity contribution in [1.29, 1.82) is 0 Å². The second kappa shape index (κ2) is 5.81. The normalized spacial score (nSPS) is 12.3. The van der Waals surface area contributed by atoms with Crippen LogP contribution >= 0.6 is 15.9 Å². The van der Waals surface area contributed by atoms with Crippen molar-refractivity contribution in [3.8, 4) is 17.2 Å². The largest absolute Gasteiger partial charge is 0.493 e. The van der Waals surface area contributed by atoms with Crippen LogP contribution in [0.5, 0.6) is 17.2 Å². The summed E-state index contributed by atoms with van der Waals surface area (Å²) in [6, 6.07) is 8.59. The van der Waals surface area contributed by atoms with E-state index in [1.165, 1.54) is 6.07 Å². The molecule has 0 bridgehead atoms. The van der Waals surface area contributed by atoms with Crippen LogP contribution in [0.25, 0.3) is 0 Å². The molecule has 0 aromatic heterocycles. The van der Waals surface area contributed by atoms with Crippen molar-refractivity contribution in [2.24, 2.45) is 0 Å². The van der Waals surface area contributed by atoms with E-state index in [4.69, 9.17) is 14.2 Å². The lowest BCUT2D eigenvalue weighted by atomic mass is 10.1. The molecule has 110 valence electrons. The molecule has 0 radical (unpaired) electrons. The second-order valence-corrected chi connectivity index (χ2v) is 5.43. The van der Waals surface area contributed by atoms with Crippen molar-refractivity contribution >= 4 is 21.6 Å². The van der Waals surface area contributed by atoms with Crippen LogP contribution in [-0.2, 0) is 6.54 Å². The number of benzene rings is 2. The van der Waals surface area contributed by atoms with Crippen molar-refractivity contribution in [3.63, 3.8) is 0 Å². The van der Waals surface area contributed by atoms with Crippen LogP contribution in [0.15, 0.2) is 34.8 Å². The Morgan fingerprint density at radius 2 is 2.14 bits per heavy atom. The summed E-state index contributed by atoms with van der Waals surface area (Å²) in [5.41, 5.74) is 1.35. The summed E-state index contributed by atoms with van der Waals surface area (Å²) in [5, 5.41) is 3.05. The van der Waals surface area contributed by atoms with E-state index in [2.05, 4.69) is 21.2 Å². The molecule has 0 saturated heterocycles. The van der Waals surface area contributed by atoms with Crippen LogP contribution in [0.3, 0.4) is 0 Å². The minimum absolute atomic E-state index is 0.184. The molecule has 1 N–H and O–H groups in total. The molecule has 0 amide bonds. The molecule has 4 nitrogen and oxygen atoms in total. The van der Waals surface area contributed by atoms with E-state index in [-0.39, 0.29) is 12.6 Å². The number of methoxy groups -OCH3 is 1. The smallest absolute Gasteiger partial charge is 0.231 e. The molecular formula is C15H13BrFNO3. The molecule has 0 spiro atoms. The summed E-state index contributed by atoms with van der Waals surface area (Å²) in [4.78, 5) is 0. The van der Waals surface area contributed by atoms with E-state index in [1.54, 1.807) is 19.2 Å². The molecule has 1 aliphatic rings. The third-order valence-electron chi connectivity index (χ3n) is 3.13. The Morgan fingerprint density at radius 1 is 1.29 bits per heavy atom. The monoisotopic (exact) mass is 353 g/mol. The van der Waals surface area contributed by atoms with Gasteiger partial charge >= 0.3 is 0 Å². The average Bonchev–Trinajstić information content (AvgIpc) is 2.93. The van der Waals surface area contributed by atoms with Crippen LogP contribution in [0, 0.1) is 5.82 Å². The Bertz CT molecular complexity index is 678. The number of ether oxygens (including phenoxy) is 3. The zero-order valence-electron chi connectivity index (χ0n) is 11.3. The van der Waals surface area contributed by atoms with E-state index < -0.39 is 0 Å². The van der Waals surface area contributed by atoms with Crippen LogP contribution in [0.4, 0.5) is 10.1 Å². The molecule has 1 heterocycles. The quantitative estimate of drug-likeness (QED) is 0.903. The number of anilines is 1. The van der Waals surface area contributed by atoms with Crippen LogP contribution in [0.2, 0.25) is 0 Å². The Kier molecular flexibility index (Phi) is 3.88. The Balaban J connectivity index is 1.79. The maximum atomic E-state index is 13.8. The molecule has 21 heavy (non-hydrogen) atoms. The predicted octanol–water partition coefficient (Wildman–Crippen LogP) is 3.94. The Labute approximate surface area is 130 Å². The molecule has 0 atom stereocenters. The lowest BCUT2D eigenvalue weighted by Crippen LogP contribution is -2.02. The molecule has 0 unspecified atom stereocenters. The van der Waals surface area contributed by atoms with Gasteiger partial charge in [-0.1, -0.05) is 15.9 Å². The van der Waals surface area contributed by atoms with Crippen molar-refractivity contribution in [2.45, 2.75) is 6.54 Å². The highest BCUT2D eigenvalue weighted by atomic mass is 79.9. The first-order valence-corrected chi connectivity index (χ1v) is 7.12. The number of fused-ring (bicyclic) bond motifs is 1. The molecule has 0 aliphatic carbocycles. The molecule has 2 aromatic rings. The summed E-state index contributed by atoms with van der Waals surface area (Å²) in [7, 11) is 1.57. The van der Waals surface area contributed by atoms with Crippen molar-refractivity contribution in [3.05, 3.63) is 46.2 Å². The van der Waals surface area contributed by atoms with Gasteiger partial charge in [0.05, 0.1) is 12.8 Å². The van der Waals surface area contributed by atoms with Gasteiger partial charge in [0.1, 0.15) is 5.82 Å². The van der Waals surface area contributed by atoms with Crippen molar-refractivity contribution < 1.29 is 18.6 Å². The fourth-order valence-electron chi connectivity index (χ4n) is 2.12. The van der Waals surface area contributed by atoms with Gasteiger partial charge in [0.2, 0.25) is 12.5 Å². The highest BCUT2D eigenvalue weighted by Crippen LogP contribution is 2.41. The van der Waals surface area contributed by atoms with Crippen molar-refractivity contribution in [2.75, 3.05) is 19.2 Å². The fourth-order valence-corrected chi connectivity index (χ4v) is 2.45. The molecule has 2 aromatic carbocycles. The van der Waals surface area contributed by atoms with Crippen molar-refractivity contribution in [1.82, 2.24) is 0 Å². The minimum Gasteiger partial charge on any atom is -0.493 e. The zero-order valence-corrected chi connectivity index (χ0v) is 12.9. The predicted molar refractivity (Wildman–Crippen MR) is 80.5 cm³/mol. The highest BCUT2D eigenvalue weighted by Gasteiger charge is 2.20. The summed E-state index contributed by atoms with van der Waals surface area (Å²) in [6.07, 6.45) is 0. The molecule has 0 fully saturated rings. The SMILES string of the molecule is COc1cc(CNc2ccc(Br)cc2F)cc2c1OCO2. The third kappa shape index (κ3) is 2.90. The first-order chi connectivity index (χ1) is 10.2. The number of nitrogens with one attached hydrogen (secondary N) is 1. The van der Waals surface area contributed by atoms with Gasteiger partial charge in [-0.3, -0.25) is 0 Å². The van der Waals surface area contributed by atoms with Gasteiger partial charge < -0.3 is 19.5 Å². The number of hydrogen-bond acceptors (Lipinski definition) is 4. The number of halogens is 2. The summed E-state index contributed by atoms with van der Waals surface area (Å²) in [5.74, 6) is 1.55. The summed E-state index contributed by atoms with van der Waals surface area (Å²) >= 11 is 3.23. The van der Waals surface area contributed by atoms with E-state index in [1.807, 2.05) is 12.1 Å².